The predicted octanol–water partition coefficient (Wildman–Crippen LogP) is 2.50. The number of aromatic nitrogens is 1. The zero-order chi connectivity index (χ0) is 18.4. The number of nitrogens with zero attached hydrogens (tertiary/aromatic N) is 2. The molecule has 1 aliphatic heterocycles. The third-order valence-electron chi connectivity index (χ3n) is 4.55. The molecule has 0 saturated carbocycles. The molecule has 6 nitrogen and oxygen atoms in total. The number of hydrogen-bond acceptors (Lipinski definition) is 3. The molecular weight excluding hydrogens is 330 g/mol. The van der Waals surface area contributed by atoms with Gasteiger partial charge in [0, 0.05) is 38.3 Å². The van der Waals surface area contributed by atoms with Crippen LogP contribution < -0.4 is 10.9 Å². The second kappa shape index (κ2) is 8.47. The molecule has 0 radical (unpaired) electrons. The van der Waals surface area contributed by atoms with Crippen LogP contribution in [0.5, 0.6) is 0 Å². The van der Waals surface area contributed by atoms with E-state index >= 15 is 0 Å². The van der Waals surface area contributed by atoms with Gasteiger partial charge in [0.15, 0.2) is 0 Å². The van der Waals surface area contributed by atoms with E-state index in [0.717, 1.165) is 32.4 Å². The second-order valence-corrected chi connectivity index (χ2v) is 6.43. The summed E-state index contributed by atoms with van der Waals surface area (Å²) in [6.07, 6.45) is 5.01. The maximum Gasteiger partial charge on any atom is 0.255 e. The number of pyridine rings is 1. The molecule has 0 aliphatic carbocycles. The Morgan fingerprint density at radius 1 is 0.962 bits per heavy atom. The highest BCUT2D eigenvalue weighted by Gasteiger charge is 2.21. The van der Waals surface area contributed by atoms with Gasteiger partial charge in [-0.15, -0.1) is 0 Å². The Labute approximate surface area is 152 Å². The van der Waals surface area contributed by atoms with Crippen molar-refractivity contribution < 1.29 is 9.59 Å². The van der Waals surface area contributed by atoms with Crippen LogP contribution in [0.1, 0.15) is 36.0 Å². The van der Waals surface area contributed by atoms with Crippen LogP contribution in [-0.2, 0) is 11.3 Å². The zero-order valence-electron chi connectivity index (χ0n) is 14.7. The van der Waals surface area contributed by atoms with E-state index in [4.69, 9.17) is 0 Å². The largest absolute Gasteiger partial charge is 0.339 e. The molecule has 2 amide bonds. The van der Waals surface area contributed by atoms with Gasteiger partial charge in [-0.3, -0.25) is 14.4 Å². The van der Waals surface area contributed by atoms with E-state index in [1.165, 1.54) is 10.6 Å². The van der Waals surface area contributed by atoms with Crippen LogP contribution in [0, 0.1) is 0 Å². The van der Waals surface area contributed by atoms with Crippen molar-refractivity contribution in [3.8, 4) is 0 Å². The number of anilines is 1. The van der Waals surface area contributed by atoms with E-state index < -0.39 is 0 Å². The lowest BCUT2D eigenvalue weighted by atomic mass is 10.1. The Kier molecular flexibility index (Phi) is 5.84. The van der Waals surface area contributed by atoms with Gasteiger partial charge in [0.25, 0.3) is 11.5 Å². The molecule has 1 aliphatic rings. The predicted molar refractivity (Wildman–Crippen MR) is 100 cm³/mol. The van der Waals surface area contributed by atoms with Crippen molar-refractivity contribution in [2.24, 2.45) is 0 Å². The normalized spacial score (nSPS) is 14.1. The fourth-order valence-corrected chi connectivity index (χ4v) is 3.13. The van der Waals surface area contributed by atoms with E-state index in [9.17, 15) is 14.4 Å². The molecule has 1 aromatic heterocycles. The smallest absolute Gasteiger partial charge is 0.255 e. The summed E-state index contributed by atoms with van der Waals surface area (Å²) in [7, 11) is 0. The Bertz CT molecular complexity index is 838. The molecule has 2 aromatic rings. The van der Waals surface area contributed by atoms with Crippen molar-refractivity contribution in [2.75, 3.05) is 18.4 Å². The molecule has 1 aromatic carbocycles. The van der Waals surface area contributed by atoms with Crippen molar-refractivity contribution in [1.29, 1.82) is 0 Å². The molecule has 0 spiro atoms. The van der Waals surface area contributed by atoms with Gasteiger partial charge in [-0.2, -0.15) is 0 Å². The monoisotopic (exact) mass is 353 g/mol. The third-order valence-corrected chi connectivity index (χ3v) is 4.55. The standard InChI is InChI=1S/C20H23N3O3/c24-18(11-15-22-12-7-4-10-19(22)25)21-17-9-3-2-8-16(17)20(26)23-13-5-1-6-14-23/h2-4,7-10,12H,1,5-6,11,13-15H2,(H,21,24). The van der Waals surface area contributed by atoms with E-state index in [2.05, 4.69) is 5.32 Å². The fourth-order valence-electron chi connectivity index (χ4n) is 3.13. The first-order chi connectivity index (χ1) is 12.6. The maximum atomic E-state index is 12.8. The maximum absolute atomic E-state index is 12.8. The van der Waals surface area contributed by atoms with Gasteiger partial charge in [-0.1, -0.05) is 18.2 Å². The third kappa shape index (κ3) is 4.39. The number of para-hydroxylation sites is 1. The van der Waals surface area contributed by atoms with Crippen LogP contribution >= 0.6 is 0 Å². The quantitative estimate of drug-likeness (QED) is 0.898. The van der Waals surface area contributed by atoms with Crippen molar-refractivity contribution >= 4 is 17.5 Å². The van der Waals surface area contributed by atoms with Gasteiger partial charge in [-0.05, 0) is 37.5 Å². The highest BCUT2D eigenvalue weighted by atomic mass is 16.2. The highest BCUT2D eigenvalue weighted by Crippen LogP contribution is 2.20. The van der Waals surface area contributed by atoms with Crippen LogP contribution in [0.3, 0.4) is 0 Å². The number of nitrogens with one attached hydrogen (secondary N) is 1. The van der Waals surface area contributed by atoms with Gasteiger partial charge in [0.1, 0.15) is 0 Å². The Hall–Kier alpha value is -2.89. The number of benzene rings is 1. The van der Waals surface area contributed by atoms with E-state index in [-0.39, 0.29) is 23.8 Å². The van der Waals surface area contributed by atoms with Crippen LogP contribution in [0.15, 0.2) is 53.5 Å². The molecule has 2 heterocycles. The molecular formula is C20H23N3O3. The molecule has 0 bridgehead atoms. The van der Waals surface area contributed by atoms with E-state index in [0.29, 0.717) is 17.8 Å². The summed E-state index contributed by atoms with van der Waals surface area (Å²) in [5, 5.41) is 2.82. The average Bonchev–Trinajstić information content (AvgIpc) is 2.68. The van der Waals surface area contributed by atoms with Crippen LogP contribution in [0.25, 0.3) is 0 Å². The molecule has 26 heavy (non-hydrogen) atoms. The second-order valence-electron chi connectivity index (χ2n) is 6.43. The first kappa shape index (κ1) is 17.9. The summed E-state index contributed by atoms with van der Waals surface area (Å²) in [6, 6.07) is 12.0. The topological polar surface area (TPSA) is 71.4 Å². The van der Waals surface area contributed by atoms with Crippen molar-refractivity contribution in [1.82, 2.24) is 9.47 Å². The highest BCUT2D eigenvalue weighted by molar-refractivity contribution is 6.03. The lowest BCUT2D eigenvalue weighted by Gasteiger charge is -2.27. The van der Waals surface area contributed by atoms with Gasteiger partial charge < -0.3 is 14.8 Å². The molecule has 1 fully saturated rings. The number of hydrogen-bond donors (Lipinski definition) is 1. The lowest BCUT2D eigenvalue weighted by Crippen LogP contribution is -2.36. The molecule has 3 rings (SSSR count). The minimum Gasteiger partial charge on any atom is -0.339 e. The number of carbonyl (C=O) groups is 2. The van der Waals surface area contributed by atoms with Gasteiger partial charge in [0.2, 0.25) is 5.91 Å². The minimum atomic E-state index is -0.223. The van der Waals surface area contributed by atoms with E-state index in [1.807, 2.05) is 4.90 Å². The van der Waals surface area contributed by atoms with Gasteiger partial charge in [-0.25, -0.2) is 0 Å². The Morgan fingerprint density at radius 3 is 2.46 bits per heavy atom. The SMILES string of the molecule is O=C(CCn1ccccc1=O)Nc1ccccc1C(=O)N1CCCCC1. The number of amides is 2. The number of rotatable bonds is 5. The molecule has 1 N–H and O–H groups in total. The fraction of sp³-hybridized carbons (Fsp3) is 0.350. The van der Waals surface area contributed by atoms with Gasteiger partial charge >= 0.3 is 0 Å². The van der Waals surface area contributed by atoms with Crippen molar-refractivity contribution in [3.05, 3.63) is 64.6 Å². The Balaban J connectivity index is 1.66. The summed E-state index contributed by atoms with van der Waals surface area (Å²) in [4.78, 5) is 38.6. The summed E-state index contributed by atoms with van der Waals surface area (Å²) in [5.41, 5.74) is 0.897. The molecule has 0 atom stereocenters. The van der Waals surface area contributed by atoms with Crippen molar-refractivity contribution in [2.45, 2.75) is 32.2 Å². The first-order valence-corrected chi connectivity index (χ1v) is 8.99. The minimum absolute atomic E-state index is 0.0418. The molecule has 136 valence electrons. The molecule has 6 heteroatoms. The summed E-state index contributed by atoms with van der Waals surface area (Å²) < 4.78 is 1.49. The Morgan fingerprint density at radius 2 is 1.69 bits per heavy atom. The van der Waals surface area contributed by atoms with Crippen LogP contribution in [-0.4, -0.2) is 34.4 Å². The van der Waals surface area contributed by atoms with Crippen LogP contribution in [0.2, 0.25) is 0 Å². The zero-order valence-corrected chi connectivity index (χ0v) is 14.7. The number of carbonyl (C=O) groups excluding carboxylic acids is 2. The summed E-state index contributed by atoms with van der Waals surface area (Å²) >= 11 is 0. The summed E-state index contributed by atoms with van der Waals surface area (Å²) in [5.74, 6) is -0.264. The molecule has 0 unspecified atom stereocenters. The molecule has 1 saturated heterocycles. The number of piperidine rings is 1. The van der Waals surface area contributed by atoms with Crippen molar-refractivity contribution in [3.63, 3.8) is 0 Å². The number of aryl methyl sites for hydroxylation is 1. The summed E-state index contributed by atoms with van der Waals surface area (Å²) in [6.45, 7) is 1.82. The van der Waals surface area contributed by atoms with Crippen LogP contribution in [0.4, 0.5) is 5.69 Å². The average molecular weight is 353 g/mol. The van der Waals surface area contributed by atoms with E-state index in [1.54, 1.807) is 42.6 Å². The lowest BCUT2D eigenvalue weighted by molar-refractivity contribution is -0.116. The van der Waals surface area contributed by atoms with Gasteiger partial charge in [0.05, 0.1) is 11.3 Å². The number of likely N-dealkylation sites (tertiary alicyclic amines) is 1. The first-order valence-electron chi connectivity index (χ1n) is 8.99.